The van der Waals surface area contributed by atoms with Crippen molar-refractivity contribution in [3.05, 3.63) is 35.9 Å². The second-order valence-corrected chi connectivity index (χ2v) is 5.60. The van der Waals surface area contributed by atoms with Gasteiger partial charge in [-0.25, -0.2) is 4.79 Å². The molecule has 0 fully saturated rings. The lowest BCUT2D eigenvalue weighted by Gasteiger charge is -2.16. The van der Waals surface area contributed by atoms with Crippen molar-refractivity contribution in [3.8, 4) is 6.07 Å². The number of hydrogen-bond acceptors (Lipinski definition) is 6. The quantitative estimate of drug-likeness (QED) is 0.405. The number of rotatable bonds is 12. The molecule has 1 aromatic rings. The summed E-state index contributed by atoms with van der Waals surface area (Å²) < 4.78 is 5.03. The number of amides is 2. The van der Waals surface area contributed by atoms with Crippen molar-refractivity contribution >= 4 is 12.0 Å². The second kappa shape index (κ2) is 13.6. The Morgan fingerprint density at radius 3 is 2.58 bits per heavy atom. The number of benzene rings is 1. The summed E-state index contributed by atoms with van der Waals surface area (Å²) in [5.41, 5.74) is 0.830. The minimum absolute atomic E-state index is 0.0885. The third-order valence-electron chi connectivity index (χ3n) is 3.50. The standard InChI is InChI=1S/C18H26N4O4/c19-9-6-11-20-10-4-5-12-21-17(24)16(13-23)22-18(25)26-14-15-7-2-1-3-8-15/h1-3,7-8,16,20,23H,4-6,10-14H2,(H,21,24)(H,22,25)/t16-/m0/s1. The number of ether oxygens (including phenoxy) is 1. The van der Waals surface area contributed by atoms with Crippen molar-refractivity contribution in [1.29, 1.82) is 5.26 Å². The Hall–Kier alpha value is -2.63. The number of nitrogens with one attached hydrogen (secondary N) is 3. The SMILES string of the molecule is N#CCCNCCCCNC(=O)[C@H](CO)NC(=O)OCc1ccccc1. The molecule has 0 spiro atoms. The van der Waals surface area contributed by atoms with Crippen LogP contribution in [0, 0.1) is 11.3 Å². The molecule has 142 valence electrons. The largest absolute Gasteiger partial charge is 0.445 e. The zero-order chi connectivity index (χ0) is 19.0. The van der Waals surface area contributed by atoms with Crippen LogP contribution >= 0.6 is 0 Å². The average molecular weight is 362 g/mol. The van der Waals surface area contributed by atoms with Crippen LogP contribution in [-0.4, -0.2) is 49.4 Å². The van der Waals surface area contributed by atoms with E-state index >= 15 is 0 Å². The predicted molar refractivity (Wildman–Crippen MR) is 96.0 cm³/mol. The first kappa shape index (κ1) is 21.4. The van der Waals surface area contributed by atoms with E-state index in [1.165, 1.54) is 0 Å². The Morgan fingerprint density at radius 2 is 1.88 bits per heavy atom. The zero-order valence-corrected chi connectivity index (χ0v) is 14.7. The summed E-state index contributed by atoms with van der Waals surface area (Å²) in [6.45, 7) is 1.44. The molecule has 0 saturated carbocycles. The summed E-state index contributed by atoms with van der Waals surface area (Å²) in [6.07, 6.45) is 1.31. The van der Waals surface area contributed by atoms with Gasteiger partial charge in [-0.15, -0.1) is 0 Å². The molecule has 1 rings (SSSR count). The lowest BCUT2D eigenvalue weighted by atomic mass is 10.2. The minimum atomic E-state index is -1.05. The number of hydrogen-bond donors (Lipinski definition) is 4. The molecule has 8 nitrogen and oxygen atoms in total. The normalized spacial score (nSPS) is 11.2. The van der Waals surface area contributed by atoms with Crippen LogP contribution in [0.3, 0.4) is 0 Å². The molecule has 0 heterocycles. The minimum Gasteiger partial charge on any atom is -0.445 e. The van der Waals surface area contributed by atoms with Gasteiger partial charge in [-0.3, -0.25) is 4.79 Å². The van der Waals surface area contributed by atoms with Crippen molar-refractivity contribution in [2.45, 2.75) is 31.9 Å². The van der Waals surface area contributed by atoms with E-state index in [-0.39, 0.29) is 6.61 Å². The van der Waals surface area contributed by atoms with Crippen LogP contribution in [0.2, 0.25) is 0 Å². The molecule has 0 bridgehead atoms. The number of aliphatic hydroxyl groups is 1. The van der Waals surface area contributed by atoms with Crippen LogP contribution in [0.15, 0.2) is 30.3 Å². The fourth-order valence-corrected chi connectivity index (χ4v) is 2.08. The third kappa shape index (κ3) is 9.61. The van der Waals surface area contributed by atoms with Gasteiger partial charge in [-0.05, 0) is 24.9 Å². The van der Waals surface area contributed by atoms with Gasteiger partial charge in [0.2, 0.25) is 5.91 Å². The van der Waals surface area contributed by atoms with Crippen molar-refractivity contribution in [1.82, 2.24) is 16.0 Å². The van der Waals surface area contributed by atoms with E-state index in [1.807, 2.05) is 36.4 Å². The maximum atomic E-state index is 12.0. The predicted octanol–water partition coefficient (Wildman–Crippen LogP) is 0.673. The monoisotopic (exact) mass is 362 g/mol. The molecule has 0 saturated heterocycles. The van der Waals surface area contributed by atoms with E-state index in [0.29, 0.717) is 19.5 Å². The lowest BCUT2D eigenvalue weighted by Crippen LogP contribution is -2.49. The number of carbonyl (C=O) groups excluding carboxylic acids is 2. The van der Waals surface area contributed by atoms with Gasteiger partial charge >= 0.3 is 6.09 Å². The molecular weight excluding hydrogens is 336 g/mol. The van der Waals surface area contributed by atoms with E-state index in [2.05, 4.69) is 16.0 Å². The Kier molecular flexibility index (Phi) is 11.2. The molecule has 4 N–H and O–H groups in total. The number of unbranched alkanes of at least 4 members (excludes halogenated alkanes) is 1. The summed E-state index contributed by atoms with van der Waals surface area (Å²) in [5, 5.41) is 25.8. The molecule has 0 aliphatic carbocycles. The Morgan fingerprint density at radius 1 is 1.15 bits per heavy atom. The first-order valence-corrected chi connectivity index (χ1v) is 8.60. The number of carbonyl (C=O) groups is 2. The Labute approximate surface area is 153 Å². The van der Waals surface area contributed by atoms with E-state index in [9.17, 15) is 14.7 Å². The zero-order valence-electron chi connectivity index (χ0n) is 14.7. The molecule has 0 aromatic heterocycles. The first-order chi connectivity index (χ1) is 12.7. The summed E-state index contributed by atoms with van der Waals surface area (Å²) in [6, 6.07) is 10.2. The average Bonchev–Trinajstić information content (AvgIpc) is 2.67. The fraction of sp³-hybridized carbons (Fsp3) is 0.500. The van der Waals surface area contributed by atoms with Crippen LogP contribution in [0.5, 0.6) is 0 Å². The molecule has 26 heavy (non-hydrogen) atoms. The van der Waals surface area contributed by atoms with E-state index in [1.54, 1.807) is 0 Å². The van der Waals surface area contributed by atoms with Gasteiger partial charge in [0.25, 0.3) is 0 Å². The van der Waals surface area contributed by atoms with Crippen LogP contribution in [0.4, 0.5) is 4.79 Å². The smallest absolute Gasteiger partial charge is 0.408 e. The number of aliphatic hydroxyl groups excluding tert-OH is 1. The Balaban J connectivity index is 2.17. The van der Waals surface area contributed by atoms with Gasteiger partial charge in [0.1, 0.15) is 12.6 Å². The Bertz CT molecular complexity index is 574. The van der Waals surface area contributed by atoms with Gasteiger partial charge < -0.3 is 25.8 Å². The van der Waals surface area contributed by atoms with Crippen LogP contribution in [0.1, 0.15) is 24.8 Å². The van der Waals surface area contributed by atoms with Crippen molar-refractivity contribution in [2.75, 3.05) is 26.2 Å². The summed E-state index contributed by atoms with van der Waals surface area (Å²) in [5.74, 6) is -0.457. The highest BCUT2D eigenvalue weighted by Crippen LogP contribution is 2.00. The number of nitrogens with zero attached hydrogens (tertiary/aromatic N) is 1. The summed E-state index contributed by atoms with van der Waals surface area (Å²) >= 11 is 0. The van der Waals surface area contributed by atoms with Crippen LogP contribution in [-0.2, 0) is 16.1 Å². The molecule has 8 heteroatoms. The number of nitriles is 1. The van der Waals surface area contributed by atoms with Gasteiger partial charge in [0.05, 0.1) is 12.7 Å². The molecule has 0 aliphatic heterocycles. The van der Waals surface area contributed by atoms with E-state index < -0.39 is 24.6 Å². The van der Waals surface area contributed by atoms with Crippen molar-refractivity contribution < 1.29 is 19.4 Å². The first-order valence-electron chi connectivity index (χ1n) is 8.60. The molecule has 0 unspecified atom stereocenters. The van der Waals surface area contributed by atoms with Crippen LogP contribution < -0.4 is 16.0 Å². The molecule has 2 amide bonds. The third-order valence-corrected chi connectivity index (χ3v) is 3.50. The fourth-order valence-electron chi connectivity index (χ4n) is 2.08. The van der Waals surface area contributed by atoms with Crippen molar-refractivity contribution in [2.24, 2.45) is 0 Å². The van der Waals surface area contributed by atoms with E-state index in [0.717, 1.165) is 24.9 Å². The maximum Gasteiger partial charge on any atom is 0.408 e. The molecule has 1 atom stereocenters. The molecule has 0 radical (unpaired) electrons. The highest BCUT2D eigenvalue weighted by molar-refractivity contribution is 5.85. The molecular formula is C18H26N4O4. The number of alkyl carbamates (subject to hydrolysis) is 1. The topological polar surface area (TPSA) is 123 Å². The van der Waals surface area contributed by atoms with Crippen molar-refractivity contribution in [3.63, 3.8) is 0 Å². The van der Waals surface area contributed by atoms with Gasteiger partial charge in [0, 0.05) is 19.5 Å². The lowest BCUT2D eigenvalue weighted by molar-refractivity contribution is -0.123. The van der Waals surface area contributed by atoms with E-state index in [4.69, 9.17) is 10.00 Å². The molecule has 0 aliphatic rings. The summed E-state index contributed by atoms with van der Waals surface area (Å²) in [7, 11) is 0. The van der Waals surface area contributed by atoms with Gasteiger partial charge in [-0.2, -0.15) is 5.26 Å². The molecule has 1 aromatic carbocycles. The second-order valence-electron chi connectivity index (χ2n) is 5.60. The van der Waals surface area contributed by atoms with Crippen LogP contribution in [0.25, 0.3) is 0 Å². The van der Waals surface area contributed by atoms with Gasteiger partial charge in [0.15, 0.2) is 0 Å². The summed E-state index contributed by atoms with van der Waals surface area (Å²) in [4.78, 5) is 23.7. The van der Waals surface area contributed by atoms with Gasteiger partial charge in [-0.1, -0.05) is 30.3 Å². The highest BCUT2D eigenvalue weighted by Gasteiger charge is 2.20. The maximum absolute atomic E-state index is 12.0. The highest BCUT2D eigenvalue weighted by atomic mass is 16.5.